The zero-order valence-corrected chi connectivity index (χ0v) is 9.37. The second-order valence-electron chi connectivity index (χ2n) is 4.29. The molecule has 0 aliphatic rings. The van der Waals surface area contributed by atoms with Gasteiger partial charge in [-0.1, -0.05) is 34.6 Å². The summed E-state index contributed by atoms with van der Waals surface area (Å²) in [4.78, 5) is 0. The van der Waals surface area contributed by atoms with Gasteiger partial charge in [0.1, 0.15) is 0 Å². The number of hydrogen-bond donors (Lipinski definition) is 0. The fourth-order valence-corrected chi connectivity index (χ4v) is 2.09. The monoisotopic (exact) mass is 176 g/mol. The van der Waals surface area contributed by atoms with Crippen molar-refractivity contribution in [3.8, 4) is 0 Å². The molecular formula is C10H21Cl. The summed E-state index contributed by atoms with van der Waals surface area (Å²) < 4.78 is 0. The molecule has 0 spiro atoms. The molecule has 1 unspecified atom stereocenters. The first-order chi connectivity index (χ1) is 4.83. The van der Waals surface area contributed by atoms with Crippen molar-refractivity contribution in [3.05, 3.63) is 0 Å². The summed E-state index contributed by atoms with van der Waals surface area (Å²) >= 11 is 6.17. The lowest BCUT2D eigenvalue weighted by molar-refractivity contribution is 0.136. The predicted octanol–water partition coefficient (Wildman–Crippen LogP) is 3.93. The maximum atomic E-state index is 6.17. The molecule has 0 saturated heterocycles. The Morgan fingerprint density at radius 2 is 1.18 bits per heavy atom. The molecule has 0 rings (SSSR count). The molecule has 1 atom stereocenters. The summed E-state index contributed by atoms with van der Waals surface area (Å²) in [6.07, 6.45) is 0. The molecule has 0 aliphatic carbocycles. The predicted molar refractivity (Wildman–Crippen MR) is 53.1 cm³/mol. The fourth-order valence-electron chi connectivity index (χ4n) is 1.59. The van der Waals surface area contributed by atoms with E-state index in [1.165, 1.54) is 0 Å². The van der Waals surface area contributed by atoms with Gasteiger partial charge in [0, 0.05) is 5.38 Å². The van der Waals surface area contributed by atoms with Crippen molar-refractivity contribution in [2.75, 3.05) is 0 Å². The first kappa shape index (κ1) is 11.3. The third kappa shape index (κ3) is 2.11. The van der Waals surface area contributed by atoms with E-state index < -0.39 is 0 Å². The third-order valence-electron chi connectivity index (χ3n) is 3.35. The zero-order chi connectivity index (χ0) is 9.23. The van der Waals surface area contributed by atoms with Crippen LogP contribution in [0.4, 0.5) is 0 Å². The normalized spacial score (nSPS) is 16.1. The average molecular weight is 177 g/mol. The molecule has 0 amide bonds. The first-order valence-electron chi connectivity index (χ1n) is 4.47. The standard InChI is InChI=1S/C10H21Cl/c1-7(2)10(6,8(3)4)9(5)11/h7-9H,1-6H3. The SMILES string of the molecule is CC(C)C(C)(C(C)C)C(C)Cl. The van der Waals surface area contributed by atoms with Crippen molar-refractivity contribution < 1.29 is 0 Å². The van der Waals surface area contributed by atoms with E-state index in [1.807, 2.05) is 0 Å². The van der Waals surface area contributed by atoms with Crippen LogP contribution in [0.5, 0.6) is 0 Å². The largest absolute Gasteiger partial charge is 0.123 e. The molecule has 0 radical (unpaired) electrons. The molecule has 0 aromatic rings. The van der Waals surface area contributed by atoms with E-state index in [9.17, 15) is 0 Å². The Morgan fingerprint density at radius 1 is 0.909 bits per heavy atom. The summed E-state index contributed by atoms with van der Waals surface area (Å²) in [5.41, 5.74) is 0.265. The fraction of sp³-hybridized carbons (Fsp3) is 1.00. The van der Waals surface area contributed by atoms with Crippen molar-refractivity contribution in [2.45, 2.75) is 46.9 Å². The minimum Gasteiger partial charge on any atom is -0.123 e. The van der Waals surface area contributed by atoms with E-state index in [0.29, 0.717) is 11.8 Å². The molecule has 11 heavy (non-hydrogen) atoms. The molecule has 0 aliphatic heterocycles. The van der Waals surface area contributed by atoms with Gasteiger partial charge in [0.15, 0.2) is 0 Å². The molecule has 1 heteroatoms. The van der Waals surface area contributed by atoms with Crippen molar-refractivity contribution in [1.29, 1.82) is 0 Å². The van der Waals surface area contributed by atoms with Crippen LogP contribution < -0.4 is 0 Å². The van der Waals surface area contributed by atoms with E-state index in [1.54, 1.807) is 0 Å². The van der Waals surface area contributed by atoms with Gasteiger partial charge in [-0.3, -0.25) is 0 Å². The van der Waals surface area contributed by atoms with Gasteiger partial charge in [0.25, 0.3) is 0 Å². The number of hydrogen-bond acceptors (Lipinski definition) is 0. The van der Waals surface area contributed by atoms with Crippen LogP contribution in [0.1, 0.15) is 41.5 Å². The highest BCUT2D eigenvalue weighted by molar-refractivity contribution is 6.20. The Morgan fingerprint density at radius 3 is 1.18 bits per heavy atom. The second kappa shape index (κ2) is 3.80. The van der Waals surface area contributed by atoms with Crippen molar-refractivity contribution in [3.63, 3.8) is 0 Å². The van der Waals surface area contributed by atoms with Gasteiger partial charge in [-0.25, -0.2) is 0 Å². The maximum Gasteiger partial charge on any atom is 0.0366 e. The average Bonchev–Trinajstić information content (AvgIpc) is 1.84. The highest BCUT2D eigenvalue weighted by Crippen LogP contribution is 2.41. The van der Waals surface area contributed by atoms with Gasteiger partial charge < -0.3 is 0 Å². The Bertz CT molecular complexity index is 92.3. The van der Waals surface area contributed by atoms with Crippen molar-refractivity contribution in [2.24, 2.45) is 17.3 Å². The summed E-state index contributed by atoms with van der Waals surface area (Å²) in [6, 6.07) is 0. The minimum atomic E-state index is 0.252. The van der Waals surface area contributed by atoms with E-state index in [2.05, 4.69) is 41.5 Å². The van der Waals surface area contributed by atoms with Crippen LogP contribution in [0.15, 0.2) is 0 Å². The molecular weight excluding hydrogens is 156 g/mol. The maximum absolute atomic E-state index is 6.17. The van der Waals surface area contributed by atoms with E-state index in [0.717, 1.165) is 0 Å². The third-order valence-corrected chi connectivity index (χ3v) is 3.82. The Hall–Kier alpha value is 0.290. The van der Waals surface area contributed by atoms with Crippen LogP contribution in [0.2, 0.25) is 0 Å². The lowest BCUT2D eigenvalue weighted by Gasteiger charge is -2.40. The second-order valence-corrected chi connectivity index (χ2v) is 4.95. The lowest BCUT2D eigenvalue weighted by atomic mass is 9.68. The molecule has 0 saturated carbocycles. The van der Waals surface area contributed by atoms with Gasteiger partial charge >= 0.3 is 0 Å². The van der Waals surface area contributed by atoms with Crippen molar-refractivity contribution in [1.82, 2.24) is 0 Å². The zero-order valence-electron chi connectivity index (χ0n) is 8.61. The number of halogens is 1. The molecule has 0 heterocycles. The number of alkyl halides is 1. The molecule has 0 aromatic heterocycles. The lowest BCUT2D eigenvalue weighted by Crippen LogP contribution is -2.37. The van der Waals surface area contributed by atoms with Crippen LogP contribution in [0.25, 0.3) is 0 Å². The highest BCUT2D eigenvalue weighted by atomic mass is 35.5. The Labute approximate surface area is 76.3 Å². The van der Waals surface area contributed by atoms with E-state index >= 15 is 0 Å². The number of rotatable bonds is 3. The first-order valence-corrected chi connectivity index (χ1v) is 4.91. The van der Waals surface area contributed by atoms with Gasteiger partial charge in [0.2, 0.25) is 0 Å². The minimum absolute atomic E-state index is 0.252. The molecule has 68 valence electrons. The van der Waals surface area contributed by atoms with Gasteiger partial charge in [-0.15, -0.1) is 11.6 Å². The van der Waals surface area contributed by atoms with E-state index in [-0.39, 0.29) is 10.8 Å². The highest BCUT2D eigenvalue weighted by Gasteiger charge is 2.36. The molecule has 0 fully saturated rings. The molecule has 0 nitrogen and oxygen atoms in total. The van der Waals surface area contributed by atoms with Crippen molar-refractivity contribution >= 4 is 11.6 Å². The molecule has 0 bridgehead atoms. The van der Waals surface area contributed by atoms with Crippen LogP contribution >= 0.6 is 11.6 Å². The quantitative estimate of drug-likeness (QED) is 0.572. The van der Waals surface area contributed by atoms with Crippen LogP contribution in [-0.2, 0) is 0 Å². The topological polar surface area (TPSA) is 0 Å². The van der Waals surface area contributed by atoms with Crippen LogP contribution in [0.3, 0.4) is 0 Å². The Balaban J connectivity index is 4.53. The van der Waals surface area contributed by atoms with Gasteiger partial charge in [-0.2, -0.15) is 0 Å². The smallest absolute Gasteiger partial charge is 0.0366 e. The molecule has 0 aromatic carbocycles. The molecule has 0 N–H and O–H groups in total. The summed E-state index contributed by atoms with van der Waals surface area (Å²) in [5.74, 6) is 1.30. The Kier molecular flexibility index (Phi) is 3.90. The summed E-state index contributed by atoms with van der Waals surface area (Å²) in [7, 11) is 0. The summed E-state index contributed by atoms with van der Waals surface area (Å²) in [6.45, 7) is 13.4. The van der Waals surface area contributed by atoms with E-state index in [4.69, 9.17) is 11.6 Å². The van der Waals surface area contributed by atoms with Crippen LogP contribution in [-0.4, -0.2) is 5.38 Å². The van der Waals surface area contributed by atoms with Gasteiger partial charge in [-0.05, 0) is 24.2 Å². The van der Waals surface area contributed by atoms with Crippen LogP contribution in [0, 0.1) is 17.3 Å². The summed E-state index contributed by atoms with van der Waals surface area (Å²) in [5, 5.41) is 0.252. The van der Waals surface area contributed by atoms with Gasteiger partial charge in [0.05, 0.1) is 0 Å².